The van der Waals surface area contributed by atoms with E-state index in [0.717, 1.165) is 21.8 Å². The number of nitro groups is 1. The first-order valence-electron chi connectivity index (χ1n) is 5.52. The van der Waals surface area contributed by atoms with Crippen LogP contribution in [0.2, 0.25) is 0 Å². The highest BCUT2D eigenvalue weighted by Gasteiger charge is 2.12. The summed E-state index contributed by atoms with van der Waals surface area (Å²) in [5.41, 5.74) is 1.90. The third-order valence-electron chi connectivity index (χ3n) is 3.09. The van der Waals surface area contributed by atoms with Crippen molar-refractivity contribution < 1.29 is 4.92 Å². The molecule has 0 aliphatic rings. The van der Waals surface area contributed by atoms with Gasteiger partial charge in [-0.05, 0) is 12.1 Å². The second-order valence-electron chi connectivity index (χ2n) is 4.03. The first-order valence-corrected chi connectivity index (χ1v) is 5.52. The Labute approximate surface area is 103 Å². The third kappa shape index (κ3) is 1.32. The lowest BCUT2D eigenvalue weighted by atomic mass is 10.1. The Hall–Kier alpha value is -2.62. The number of benzene rings is 2. The highest BCUT2D eigenvalue weighted by molar-refractivity contribution is 6.09. The molecule has 4 nitrogen and oxygen atoms in total. The van der Waals surface area contributed by atoms with Crippen LogP contribution < -0.4 is 0 Å². The first-order chi connectivity index (χ1) is 8.72. The fourth-order valence-corrected chi connectivity index (χ4v) is 2.30. The van der Waals surface area contributed by atoms with Crippen LogP contribution in [0.15, 0.2) is 49.0 Å². The van der Waals surface area contributed by atoms with Gasteiger partial charge in [-0.15, -0.1) is 0 Å². The molecule has 0 saturated heterocycles. The second kappa shape index (κ2) is 3.70. The third-order valence-corrected chi connectivity index (χ3v) is 3.09. The first kappa shape index (κ1) is 10.5. The summed E-state index contributed by atoms with van der Waals surface area (Å²) in [5, 5.41) is 12.9. The minimum Gasteiger partial charge on any atom is -0.316 e. The predicted octanol–water partition coefficient (Wildman–Crippen LogP) is 3.80. The molecule has 0 saturated carbocycles. The van der Waals surface area contributed by atoms with Gasteiger partial charge in [0.1, 0.15) is 0 Å². The summed E-state index contributed by atoms with van der Waals surface area (Å²) < 4.78 is 1.87. The van der Waals surface area contributed by atoms with Crippen LogP contribution in [0.5, 0.6) is 0 Å². The topological polar surface area (TPSA) is 48.1 Å². The lowest BCUT2D eigenvalue weighted by Crippen LogP contribution is -1.89. The van der Waals surface area contributed by atoms with Crippen LogP contribution in [0.3, 0.4) is 0 Å². The van der Waals surface area contributed by atoms with E-state index in [1.165, 1.54) is 6.07 Å². The number of fused-ring (bicyclic) bond motifs is 3. The van der Waals surface area contributed by atoms with Gasteiger partial charge in [0.15, 0.2) is 0 Å². The number of para-hydroxylation sites is 1. The van der Waals surface area contributed by atoms with E-state index in [0.29, 0.717) is 0 Å². The maximum Gasteiger partial charge on any atom is 0.271 e. The monoisotopic (exact) mass is 238 g/mol. The summed E-state index contributed by atoms with van der Waals surface area (Å²) >= 11 is 0. The number of rotatable bonds is 2. The van der Waals surface area contributed by atoms with E-state index in [9.17, 15) is 10.1 Å². The molecule has 0 spiro atoms. The number of aromatic nitrogens is 1. The van der Waals surface area contributed by atoms with E-state index >= 15 is 0 Å². The zero-order valence-corrected chi connectivity index (χ0v) is 9.54. The van der Waals surface area contributed by atoms with E-state index in [-0.39, 0.29) is 10.6 Å². The number of nitro benzene ring substituents is 1. The van der Waals surface area contributed by atoms with Crippen molar-refractivity contribution in [1.82, 2.24) is 4.57 Å². The molecule has 0 amide bonds. The Kier molecular flexibility index (Phi) is 2.16. The van der Waals surface area contributed by atoms with Crippen molar-refractivity contribution >= 4 is 33.7 Å². The van der Waals surface area contributed by atoms with Crippen LogP contribution in [-0.2, 0) is 0 Å². The Morgan fingerprint density at radius 2 is 1.83 bits per heavy atom. The van der Waals surface area contributed by atoms with Gasteiger partial charge >= 0.3 is 0 Å². The largest absolute Gasteiger partial charge is 0.316 e. The molecule has 0 aliphatic heterocycles. The molecular formula is C14H10N2O2. The summed E-state index contributed by atoms with van der Waals surface area (Å²) in [4.78, 5) is 10.4. The molecule has 88 valence electrons. The smallest absolute Gasteiger partial charge is 0.271 e. The van der Waals surface area contributed by atoms with Crippen molar-refractivity contribution in [2.24, 2.45) is 0 Å². The van der Waals surface area contributed by atoms with Gasteiger partial charge in [-0.25, -0.2) is 0 Å². The highest BCUT2D eigenvalue weighted by atomic mass is 16.6. The van der Waals surface area contributed by atoms with Crippen LogP contribution in [0, 0.1) is 10.1 Å². The van der Waals surface area contributed by atoms with Gasteiger partial charge in [-0.2, -0.15) is 0 Å². The minimum atomic E-state index is -0.384. The molecule has 0 unspecified atom stereocenters. The van der Waals surface area contributed by atoms with Gasteiger partial charge < -0.3 is 4.57 Å². The molecule has 0 atom stereocenters. The van der Waals surface area contributed by atoms with Gasteiger partial charge in [0, 0.05) is 29.1 Å². The van der Waals surface area contributed by atoms with Crippen molar-refractivity contribution in [1.29, 1.82) is 0 Å². The Morgan fingerprint density at radius 1 is 1.11 bits per heavy atom. The standard InChI is InChI=1S/C14H10N2O2/c1-2-15-13-6-4-3-5-11(13)12-8-7-10(16(17)18)9-14(12)15/h2-9H,1H2. The molecule has 18 heavy (non-hydrogen) atoms. The fourth-order valence-electron chi connectivity index (χ4n) is 2.30. The van der Waals surface area contributed by atoms with Crippen molar-refractivity contribution in [3.8, 4) is 0 Å². The van der Waals surface area contributed by atoms with E-state index in [1.807, 2.05) is 28.8 Å². The Bertz CT molecular complexity index is 787. The average molecular weight is 238 g/mol. The van der Waals surface area contributed by atoms with Crippen LogP contribution in [0.1, 0.15) is 0 Å². The van der Waals surface area contributed by atoms with Gasteiger partial charge in [0.25, 0.3) is 5.69 Å². The lowest BCUT2D eigenvalue weighted by Gasteiger charge is -1.98. The van der Waals surface area contributed by atoms with Crippen molar-refractivity contribution in [2.75, 3.05) is 0 Å². The van der Waals surface area contributed by atoms with E-state index in [1.54, 1.807) is 18.3 Å². The average Bonchev–Trinajstić information content (AvgIpc) is 2.71. The molecule has 1 heterocycles. The summed E-state index contributed by atoms with van der Waals surface area (Å²) in [6, 6.07) is 12.8. The SMILES string of the molecule is C=Cn1c2ccccc2c2ccc([N+](=O)[O-])cc21. The molecule has 4 heteroatoms. The van der Waals surface area contributed by atoms with E-state index in [2.05, 4.69) is 6.58 Å². The summed E-state index contributed by atoms with van der Waals surface area (Å²) in [6.07, 6.45) is 1.67. The maximum absolute atomic E-state index is 10.8. The molecule has 0 radical (unpaired) electrons. The fraction of sp³-hybridized carbons (Fsp3) is 0. The molecule has 0 bridgehead atoms. The minimum absolute atomic E-state index is 0.0911. The summed E-state index contributed by atoms with van der Waals surface area (Å²) in [6.45, 7) is 3.77. The van der Waals surface area contributed by atoms with Crippen LogP contribution in [0.4, 0.5) is 5.69 Å². The quantitative estimate of drug-likeness (QED) is 0.503. The van der Waals surface area contributed by atoms with Gasteiger partial charge in [-0.1, -0.05) is 24.8 Å². The lowest BCUT2D eigenvalue weighted by molar-refractivity contribution is -0.384. The normalized spacial score (nSPS) is 10.9. The van der Waals surface area contributed by atoms with Gasteiger partial charge in [0.2, 0.25) is 0 Å². The number of hydrogen-bond acceptors (Lipinski definition) is 2. The molecule has 3 rings (SSSR count). The zero-order chi connectivity index (χ0) is 12.7. The van der Waals surface area contributed by atoms with E-state index < -0.39 is 0 Å². The number of nitrogens with zero attached hydrogens (tertiary/aromatic N) is 2. The maximum atomic E-state index is 10.8. The Balaban J connectivity index is 2.52. The number of hydrogen-bond donors (Lipinski definition) is 0. The molecule has 0 aliphatic carbocycles. The molecule has 3 aromatic rings. The van der Waals surface area contributed by atoms with Gasteiger partial charge in [-0.3, -0.25) is 10.1 Å². The van der Waals surface area contributed by atoms with Crippen LogP contribution >= 0.6 is 0 Å². The number of non-ortho nitro benzene ring substituents is 1. The Morgan fingerprint density at radius 3 is 2.56 bits per heavy atom. The van der Waals surface area contributed by atoms with Crippen molar-refractivity contribution in [2.45, 2.75) is 0 Å². The van der Waals surface area contributed by atoms with Gasteiger partial charge in [0.05, 0.1) is 16.0 Å². The highest BCUT2D eigenvalue weighted by Crippen LogP contribution is 2.31. The van der Waals surface area contributed by atoms with Crippen molar-refractivity contribution in [3.63, 3.8) is 0 Å². The molecule has 0 fully saturated rings. The van der Waals surface area contributed by atoms with E-state index in [4.69, 9.17) is 0 Å². The second-order valence-corrected chi connectivity index (χ2v) is 4.03. The van der Waals surface area contributed by atoms with Crippen LogP contribution in [-0.4, -0.2) is 9.49 Å². The summed E-state index contributed by atoms with van der Waals surface area (Å²) in [7, 11) is 0. The molecule has 2 aromatic carbocycles. The summed E-state index contributed by atoms with van der Waals surface area (Å²) in [5.74, 6) is 0. The molecule has 0 N–H and O–H groups in total. The van der Waals surface area contributed by atoms with Crippen LogP contribution in [0.25, 0.3) is 28.0 Å². The molecular weight excluding hydrogens is 228 g/mol. The predicted molar refractivity (Wildman–Crippen MR) is 72.5 cm³/mol. The zero-order valence-electron chi connectivity index (χ0n) is 9.54. The molecule has 1 aromatic heterocycles. The van der Waals surface area contributed by atoms with Crippen molar-refractivity contribution in [3.05, 3.63) is 59.2 Å².